The molecule has 0 bridgehead atoms. The van der Waals surface area contributed by atoms with Crippen LogP contribution in [0.25, 0.3) is 0 Å². The molecule has 4 unspecified atom stereocenters. The molecule has 2 rings (SSSR count). The quantitative estimate of drug-likeness (QED) is 0.0959. The first-order chi connectivity index (χ1) is 19.1. The van der Waals surface area contributed by atoms with Crippen LogP contribution in [0.5, 0.6) is 0 Å². The van der Waals surface area contributed by atoms with Gasteiger partial charge in [-0.15, -0.1) is 0 Å². The van der Waals surface area contributed by atoms with E-state index in [1.165, 1.54) is 4.90 Å². The molecule has 1 saturated carbocycles. The number of carbonyl (C=O) groups excluding carboxylic acids is 5. The number of hydrogen-bond acceptors (Lipinski definition) is 7. The number of hydrogen-bond donors (Lipinski definition) is 6. The fourth-order valence-corrected chi connectivity index (χ4v) is 5.21. The Morgan fingerprint density at radius 3 is 2.12 bits per heavy atom. The van der Waals surface area contributed by atoms with Crippen molar-refractivity contribution in [3.05, 3.63) is 0 Å². The highest BCUT2D eigenvalue weighted by atomic mass is 32.1. The second-order valence-corrected chi connectivity index (χ2v) is 14.1. The van der Waals surface area contributed by atoms with Crippen molar-refractivity contribution < 1.29 is 24.0 Å². The predicted octanol–water partition coefficient (Wildman–Crippen LogP) is 1.74. The van der Waals surface area contributed by atoms with E-state index in [2.05, 4.69) is 33.9 Å². The molecule has 0 aromatic heterocycles. The van der Waals surface area contributed by atoms with Crippen molar-refractivity contribution in [2.75, 3.05) is 25.4 Å². The van der Waals surface area contributed by atoms with Gasteiger partial charge >= 0.3 is 6.03 Å². The third kappa shape index (κ3) is 11.1. The number of nitrogens with one attached hydrogen (secondary N) is 4. The number of ketones is 1. The molecule has 1 heterocycles. The van der Waals surface area contributed by atoms with Crippen molar-refractivity contribution in [1.29, 1.82) is 0 Å². The highest BCUT2D eigenvalue weighted by Gasteiger charge is 2.43. The Bertz CT molecular complexity index is 943. The molecule has 2 fully saturated rings. The molecule has 1 aliphatic carbocycles. The van der Waals surface area contributed by atoms with E-state index in [0.717, 1.165) is 38.0 Å². The standard InChI is InChI=1S/C29H52N6O5S/c1-28(2,3)21(17-31-13-7-8-15-41)33-27(40)34-23(29(4,5)6)26(39)35-14-9-10-20(35)25(38)32-19(16-18-11-12-18)22(36)24(30)37/h18-21,23,31,41H,7-17H2,1-6H3,(H2,30,37)(H,32,38)(H2,33,34,40). The van der Waals surface area contributed by atoms with Gasteiger partial charge in [-0.05, 0) is 61.1 Å². The summed E-state index contributed by atoms with van der Waals surface area (Å²) in [7, 11) is 0. The van der Waals surface area contributed by atoms with E-state index >= 15 is 0 Å². The number of amides is 5. The normalized spacial score (nSPS) is 19.7. The molecule has 0 radical (unpaired) electrons. The maximum Gasteiger partial charge on any atom is 0.315 e. The summed E-state index contributed by atoms with van der Waals surface area (Å²) < 4.78 is 0. The number of likely N-dealkylation sites (tertiary alicyclic amines) is 1. The molecular weight excluding hydrogens is 544 g/mol. The lowest BCUT2D eigenvalue weighted by Crippen LogP contribution is -2.61. The van der Waals surface area contributed by atoms with Crippen LogP contribution in [0.2, 0.25) is 0 Å². The maximum absolute atomic E-state index is 13.9. The molecule has 1 saturated heterocycles. The molecule has 5 amide bonds. The fourth-order valence-electron chi connectivity index (χ4n) is 4.99. The number of nitrogens with zero attached hydrogens (tertiary/aromatic N) is 1. The molecule has 0 aromatic rings. The van der Waals surface area contributed by atoms with Gasteiger partial charge in [0.2, 0.25) is 17.6 Å². The molecule has 12 heteroatoms. The zero-order valence-corrected chi connectivity index (χ0v) is 26.6. The van der Waals surface area contributed by atoms with Crippen LogP contribution in [0.1, 0.15) is 86.5 Å². The van der Waals surface area contributed by atoms with Gasteiger partial charge in [-0.2, -0.15) is 12.6 Å². The number of thiol groups is 1. The largest absolute Gasteiger partial charge is 0.363 e. The van der Waals surface area contributed by atoms with Crippen LogP contribution in [-0.4, -0.2) is 84.0 Å². The van der Waals surface area contributed by atoms with Gasteiger partial charge in [0.25, 0.3) is 5.91 Å². The SMILES string of the molecule is CC(C)(C)C(CNCCCCS)NC(=O)NC(C(=O)N1CCCC1C(=O)NC(CC1CC1)C(=O)C(N)=O)C(C)(C)C. The molecule has 4 atom stereocenters. The zero-order valence-electron chi connectivity index (χ0n) is 25.7. The van der Waals surface area contributed by atoms with Crippen molar-refractivity contribution >= 4 is 42.2 Å². The smallest absolute Gasteiger partial charge is 0.315 e. The average Bonchev–Trinajstić information content (AvgIpc) is 3.54. The van der Waals surface area contributed by atoms with Crippen molar-refractivity contribution in [2.45, 2.75) is 111 Å². The average molecular weight is 597 g/mol. The van der Waals surface area contributed by atoms with E-state index in [-0.39, 0.29) is 23.3 Å². The summed E-state index contributed by atoms with van der Waals surface area (Å²) in [6, 6.07) is -3.33. The Kier molecular flexibility index (Phi) is 12.9. The minimum atomic E-state index is -1.08. The predicted molar refractivity (Wildman–Crippen MR) is 162 cm³/mol. The Balaban J connectivity index is 2.10. The van der Waals surface area contributed by atoms with E-state index in [1.807, 2.05) is 41.5 Å². The van der Waals surface area contributed by atoms with Gasteiger partial charge in [0.15, 0.2) is 0 Å². The lowest BCUT2D eigenvalue weighted by Gasteiger charge is -2.37. The van der Waals surface area contributed by atoms with Gasteiger partial charge in [-0.3, -0.25) is 19.2 Å². The molecule has 6 N–H and O–H groups in total. The van der Waals surface area contributed by atoms with E-state index in [9.17, 15) is 24.0 Å². The third-order valence-electron chi connectivity index (χ3n) is 7.83. The minimum absolute atomic E-state index is 0.189. The summed E-state index contributed by atoms with van der Waals surface area (Å²) >= 11 is 4.24. The van der Waals surface area contributed by atoms with Gasteiger partial charge in [0.1, 0.15) is 12.1 Å². The van der Waals surface area contributed by atoms with Crippen molar-refractivity contribution in [1.82, 2.24) is 26.2 Å². The Morgan fingerprint density at radius 2 is 1.59 bits per heavy atom. The van der Waals surface area contributed by atoms with Crippen molar-refractivity contribution in [3.63, 3.8) is 0 Å². The highest BCUT2D eigenvalue weighted by Crippen LogP contribution is 2.34. The van der Waals surface area contributed by atoms with Gasteiger partial charge in [-0.1, -0.05) is 54.4 Å². The highest BCUT2D eigenvalue weighted by molar-refractivity contribution is 7.80. The second kappa shape index (κ2) is 15.2. The summed E-state index contributed by atoms with van der Waals surface area (Å²) in [6.07, 6.45) is 5.28. The molecular formula is C29H52N6O5S. The number of Topliss-reactive ketones (excluding diaryl/α,β-unsaturated/α-hetero) is 1. The van der Waals surface area contributed by atoms with Crippen LogP contribution in [-0.2, 0) is 19.2 Å². The summed E-state index contributed by atoms with van der Waals surface area (Å²) in [6.45, 7) is 13.5. The Labute approximate surface area is 250 Å². The number of urea groups is 1. The van der Waals surface area contributed by atoms with Crippen molar-refractivity contribution in [3.8, 4) is 0 Å². The van der Waals surface area contributed by atoms with Gasteiger partial charge in [0.05, 0.1) is 6.04 Å². The number of unbranched alkanes of at least 4 members (excludes halogenated alkanes) is 1. The van der Waals surface area contributed by atoms with Crippen LogP contribution in [0.15, 0.2) is 0 Å². The number of primary amides is 1. The van der Waals surface area contributed by atoms with Crippen LogP contribution in [0.3, 0.4) is 0 Å². The molecule has 234 valence electrons. The summed E-state index contributed by atoms with van der Waals surface area (Å²) in [5.74, 6) is -1.64. The minimum Gasteiger partial charge on any atom is -0.363 e. The van der Waals surface area contributed by atoms with Gasteiger partial charge < -0.3 is 31.9 Å². The topological polar surface area (TPSA) is 163 Å². The molecule has 1 aliphatic heterocycles. The van der Waals surface area contributed by atoms with Crippen LogP contribution < -0.4 is 27.0 Å². The van der Waals surface area contributed by atoms with Gasteiger partial charge in [0, 0.05) is 19.1 Å². The van der Waals surface area contributed by atoms with E-state index in [0.29, 0.717) is 32.4 Å². The number of carbonyl (C=O) groups is 5. The van der Waals surface area contributed by atoms with Crippen molar-refractivity contribution in [2.24, 2.45) is 22.5 Å². The van der Waals surface area contributed by atoms with Crippen LogP contribution in [0, 0.1) is 16.7 Å². The maximum atomic E-state index is 13.9. The van der Waals surface area contributed by atoms with E-state index in [1.54, 1.807) is 0 Å². The first-order valence-corrected chi connectivity index (χ1v) is 15.5. The first-order valence-electron chi connectivity index (χ1n) is 14.9. The molecule has 0 spiro atoms. The molecule has 41 heavy (non-hydrogen) atoms. The monoisotopic (exact) mass is 596 g/mol. The lowest BCUT2D eigenvalue weighted by molar-refractivity contribution is -0.143. The number of rotatable bonds is 15. The van der Waals surface area contributed by atoms with E-state index in [4.69, 9.17) is 5.73 Å². The Morgan fingerprint density at radius 1 is 0.927 bits per heavy atom. The van der Waals surface area contributed by atoms with Gasteiger partial charge in [-0.25, -0.2) is 4.79 Å². The third-order valence-corrected chi connectivity index (χ3v) is 8.15. The fraction of sp³-hybridized carbons (Fsp3) is 0.828. The molecule has 2 aliphatic rings. The lowest BCUT2D eigenvalue weighted by atomic mass is 9.85. The molecule has 0 aromatic carbocycles. The second-order valence-electron chi connectivity index (χ2n) is 13.6. The molecule has 11 nitrogen and oxygen atoms in total. The Hall–Kier alpha value is -2.34. The summed E-state index contributed by atoms with van der Waals surface area (Å²) in [5, 5.41) is 12.0. The van der Waals surface area contributed by atoms with Crippen LogP contribution >= 0.6 is 12.6 Å². The number of nitrogens with two attached hydrogens (primary N) is 1. The summed E-state index contributed by atoms with van der Waals surface area (Å²) in [5.41, 5.74) is 4.35. The van der Waals surface area contributed by atoms with Crippen LogP contribution in [0.4, 0.5) is 4.79 Å². The zero-order chi connectivity index (χ0) is 31.0. The first kappa shape index (κ1) is 34.9. The van der Waals surface area contributed by atoms with E-state index < -0.39 is 47.2 Å². The summed E-state index contributed by atoms with van der Waals surface area (Å²) in [4.78, 5) is 65.8.